The van der Waals surface area contributed by atoms with Crippen molar-refractivity contribution in [3.63, 3.8) is 0 Å². The molecule has 0 N–H and O–H groups in total. The molecule has 0 rings (SSSR count). The monoisotopic (exact) mass is 382 g/mol. The predicted octanol–water partition coefficient (Wildman–Crippen LogP) is 5.69. The second kappa shape index (κ2) is 10.2. The van der Waals surface area contributed by atoms with Crippen molar-refractivity contribution < 1.29 is 13.6 Å². The molecule has 3 nitrogen and oxygen atoms in total. The lowest BCUT2D eigenvalue weighted by Crippen LogP contribution is -2.05. The molecule has 118 valence electrons. The molecule has 0 heterocycles. The number of halogens is 4. The van der Waals surface area contributed by atoms with Crippen LogP contribution < -0.4 is 0 Å². The van der Waals surface area contributed by atoms with Gasteiger partial charge in [0.25, 0.3) is 0 Å². The van der Waals surface area contributed by atoms with E-state index in [1.54, 1.807) is 39.8 Å². The molecule has 20 heavy (non-hydrogen) atoms. The topological polar surface area (TPSA) is 35.5 Å². The lowest BCUT2D eigenvalue weighted by molar-refractivity contribution is 0.304. The van der Waals surface area contributed by atoms with E-state index >= 15 is 0 Å². The zero-order chi connectivity index (χ0) is 15.9. The minimum absolute atomic E-state index is 0.300. The Bertz CT molecular complexity index is 345. The molecule has 0 aromatic rings. The maximum absolute atomic E-state index is 11.9. The molecule has 4 atom stereocenters. The van der Waals surface area contributed by atoms with Crippen LogP contribution in [0.3, 0.4) is 0 Å². The van der Waals surface area contributed by atoms with E-state index in [0.29, 0.717) is 11.5 Å². The minimum Gasteiger partial charge on any atom is -0.421 e. The Kier molecular flexibility index (Phi) is 10.5. The highest BCUT2D eigenvalue weighted by molar-refractivity contribution is 7.33. The van der Waals surface area contributed by atoms with Crippen LogP contribution in [0, 0.1) is 0 Å². The highest BCUT2D eigenvalue weighted by Gasteiger charge is 2.16. The molecule has 0 aromatic heterocycles. The molecule has 0 saturated carbocycles. The number of rotatable bonds is 8. The SMILES string of the molecule is CC(Cl)/C=C(\O[PH](=O)O/C(=C\C(C)Cl)C(C)Cl)C(C)Cl. The van der Waals surface area contributed by atoms with Crippen LogP contribution in [0.15, 0.2) is 23.7 Å². The fourth-order valence-corrected chi connectivity index (χ4v) is 2.71. The van der Waals surface area contributed by atoms with E-state index < -0.39 is 19.0 Å². The summed E-state index contributed by atoms with van der Waals surface area (Å²) in [6.45, 7) is 6.85. The molecule has 4 unspecified atom stereocenters. The Balaban J connectivity index is 4.83. The quantitative estimate of drug-likeness (QED) is 0.307. The number of allylic oxidation sites excluding steroid dienone is 4. The van der Waals surface area contributed by atoms with Crippen molar-refractivity contribution in [3.8, 4) is 0 Å². The van der Waals surface area contributed by atoms with Gasteiger partial charge in [-0.25, -0.2) is 4.57 Å². The molecule has 0 saturated heterocycles. The van der Waals surface area contributed by atoms with Gasteiger partial charge in [0.1, 0.15) is 11.5 Å². The van der Waals surface area contributed by atoms with Crippen LogP contribution in [-0.4, -0.2) is 21.5 Å². The van der Waals surface area contributed by atoms with Crippen LogP contribution in [-0.2, 0) is 13.6 Å². The van der Waals surface area contributed by atoms with Crippen molar-refractivity contribution in [2.45, 2.75) is 49.2 Å². The summed E-state index contributed by atoms with van der Waals surface area (Å²) in [6, 6.07) is 0. The van der Waals surface area contributed by atoms with E-state index in [1.807, 2.05) is 0 Å². The van der Waals surface area contributed by atoms with Crippen molar-refractivity contribution in [2.24, 2.45) is 0 Å². The maximum atomic E-state index is 11.9. The van der Waals surface area contributed by atoms with Crippen molar-refractivity contribution >= 4 is 54.7 Å². The summed E-state index contributed by atoms with van der Waals surface area (Å²) < 4.78 is 22.3. The molecule has 0 aliphatic rings. The average Bonchev–Trinajstić information content (AvgIpc) is 2.25. The summed E-state index contributed by atoms with van der Waals surface area (Å²) >= 11 is 23.5. The summed E-state index contributed by atoms with van der Waals surface area (Å²) in [6.07, 6.45) is 3.14. The minimum atomic E-state index is -2.84. The third-order valence-electron chi connectivity index (χ3n) is 1.97. The van der Waals surface area contributed by atoms with E-state index in [0.717, 1.165) is 0 Å². The highest BCUT2D eigenvalue weighted by Crippen LogP contribution is 2.35. The zero-order valence-corrected chi connectivity index (χ0v) is 15.7. The van der Waals surface area contributed by atoms with Gasteiger partial charge in [-0.1, -0.05) is 0 Å². The van der Waals surface area contributed by atoms with Gasteiger partial charge in [-0.3, -0.25) is 0 Å². The summed E-state index contributed by atoms with van der Waals surface area (Å²) in [5.41, 5.74) is 0. The fourth-order valence-electron chi connectivity index (χ4n) is 1.16. The first-order valence-corrected chi connectivity index (χ1v) is 8.99. The first-order chi connectivity index (χ1) is 9.13. The Labute approximate surface area is 141 Å². The first kappa shape index (κ1) is 20.5. The zero-order valence-electron chi connectivity index (χ0n) is 11.7. The summed E-state index contributed by atoms with van der Waals surface area (Å²) in [7, 11) is -2.84. The standard InChI is InChI=1S/C12H19Cl4O3P/c1-7(13)5-11(9(3)15)18-20(17)19-12(10(4)16)6-8(2)14/h5-10,20H,1-4H3/b11-5-,12-6-. The van der Waals surface area contributed by atoms with Crippen molar-refractivity contribution in [2.75, 3.05) is 0 Å². The van der Waals surface area contributed by atoms with Gasteiger partial charge in [0.05, 0.1) is 21.5 Å². The second-order valence-corrected chi connectivity index (χ2v) is 7.77. The van der Waals surface area contributed by atoms with E-state index in [1.165, 1.54) is 0 Å². The Morgan fingerprint density at radius 2 is 1.15 bits per heavy atom. The maximum Gasteiger partial charge on any atom is 0.418 e. The highest BCUT2D eigenvalue weighted by atomic mass is 35.5. The van der Waals surface area contributed by atoms with Gasteiger partial charge in [0.15, 0.2) is 0 Å². The third-order valence-corrected chi connectivity index (χ3v) is 3.46. The van der Waals surface area contributed by atoms with E-state index in [9.17, 15) is 4.57 Å². The number of alkyl halides is 4. The molecule has 0 aromatic carbocycles. The predicted molar refractivity (Wildman–Crippen MR) is 88.6 cm³/mol. The molecule has 0 spiro atoms. The molecule has 0 amide bonds. The molecule has 0 radical (unpaired) electrons. The summed E-state index contributed by atoms with van der Waals surface area (Å²) in [5, 5.41) is -1.54. The van der Waals surface area contributed by atoms with Crippen LogP contribution in [0.4, 0.5) is 0 Å². The van der Waals surface area contributed by atoms with Crippen LogP contribution in [0.1, 0.15) is 27.7 Å². The lowest BCUT2D eigenvalue weighted by atomic mass is 10.3. The first-order valence-electron chi connectivity index (χ1n) is 6.02. The van der Waals surface area contributed by atoms with E-state index in [-0.39, 0.29) is 10.8 Å². The Hall–Kier alpha value is 0.470. The number of hydrogen-bond acceptors (Lipinski definition) is 3. The molecular weight excluding hydrogens is 365 g/mol. The molecular formula is C12H19Cl4O3P. The summed E-state index contributed by atoms with van der Waals surface area (Å²) in [5.74, 6) is 0.608. The van der Waals surface area contributed by atoms with Gasteiger partial charge in [0, 0.05) is 0 Å². The smallest absolute Gasteiger partial charge is 0.418 e. The average molecular weight is 384 g/mol. The largest absolute Gasteiger partial charge is 0.421 e. The Morgan fingerprint density at radius 1 is 0.850 bits per heavy atom. The van der Waals surface area contributed by atoms with E-state index in [2.05, 4.69) is 0 Å². The van der Waals surface area contributed by atoms with Gasteiger partial charge >= 0.3 is 8.25 Å². The summed E-state index contributed by atoms with van der Waals surface area (Å²) in [4.78, 5) is 0. The normalized spacial score (nSPS) is 20.8. The van der Waals surface area contributed by atoms with Crippen molar-refractivity contribution in [1.29, 1.82) is 0 Å². The fraction of sp³-hybridized carbons (Fsp3) is 0.667. The number of hydrogen-bond donors (Lipinski definition) is 0. The van der Waals surface area contributed by atoms with Gasteiger partial charge in [-0.15, -0.1) is 46.4 Å². The van der Waals surface area contributed by atoms with Gasteiger partial charge in [-0.05, 0) is 39.8 Å². The van der Waals surface area contributed by atoms with Crippen molar-refractivity contribution in [3.05, 3.63) is 23.7 Å². The van der Waals surface area contributed by atoms with Crippen LogP contribution in [0.2, 0.25) is 0 Å². The molecule has 0 bridgehead atoms. The third kappa shape index (κ3) is 9.41. The molecule has 8 heteroatoms. The van der Waals surface area contributed by atoms with Gasteiger partial charge < -0.3 is 9.05 Å². The van der Waals surface area contributed by atoms with Crippen LogP contribution in [0.5, 0.6) is 0 Å². The van der Waals surface area contributed by atoms with Crippen molar-refractivity contribution in [1.82, 2.24) is 0 Å². The van der Waals surface area contributed by atoms with Gasteiger partial charge in [-0.2, -0.15) is 0 Å². The second-order valence-electron chi connectivity index (χ2n) is 4.18. The lowest BCUT2D eigenvalue weighted by Gasteiger charge is -2.16. The Morgan fingerprint density at radius 3 is 1.35 bits per heavy atom. The van der Waals surface area contributed by atoms with Crippen LogP contribution in [0.25, 0.3) is 0 Å². The van der Waals surface area contributed by atoms with Crippen LogP contribution >= 0.6 is 54.7 Å². The molecule has 0 aliphatic carbocycles. The van der Waals surface area contributed by atoms with E-state index in [4.69, 9.17) is 55.5 Å². The van der Waals surface area contributed by atoms with Gasteiger partial charge in [0.2, 0.25) is 0 Å². The molecule has 0 fully saturated rings. The molecule has 0 aliphatic heterocycles.